The first kappa shape index (κ1) is 44.7. The highest BCUT2D eigenvalue weighted by molar-refractivity contribution is 5.89. The van der Waals surface area contributed by atoms with E-state index in [4.69, 9.17) is 28.4 Å². The summed E-state index contributed by atoms with van der Waals surface area (Å²) in [7, 11) is 0. The van der Waals surface area contributed by atoms with Crippen molar-refractivity contribution in [3.63, 3.8) is 0 Å². The Morgan fingerprint density at radius 2 is 1.51 bits per heavy atom. The maximum Gasteiger partial charge on any atom is 0.413 e. The van der Waals surface area contributed by atoms with Gasteiger partial charge in [-0.2, -0.15) is 0 Å². The Balaban J connectivity index is 1.37. The molecule has 13 heteroatoms. The zero-order chi connectivity index (χ0) is 44.8. The van der Waals surface area contributed by atoms with E-state index in [2.05, 4.69) is 0 Å². The number of ether oxygens (including phenoxy) is 6. The molecule has 2 aromatic carbocycles. The lowest BCUT2D eigenvalue weighted by molar-refractivity contribution is -0.356. The molecule has 332 valence electrons. The van der Waals surface area contributed by atoms with E-state index in [-0.39, 0.29) is 24.5 Å². The molecule has 0 radical (unpaired) electrons. The van der Waals surface area contributed by atoms with Crippen LogP contribution >= 0.6 is 0 Å². The number of benzene rings is 2. The summed E-state index contributed by atoms with van der Waals surface area (Å²) in [6.45, 7) is 21.3. The maximum atomic E-state index is 14.9. The summed E-state index contributed by atoms with van der Waals surface area (Å²) in [5.41, 5.74) is -5.72. The summed E-state index contributed by atoms with van der Waals surface area (Å²) in [6.07, 6.45) is -6.05. The van der Waals surface area contributed by atoms with E-state index in [1.807, 2.05) is 47.6 Å². The summed E-state index contributed by atoms with van der Waals surface area (Å²) in [6, 6.07) is 16.5. The maximum absolute atomic E-state index is 14.9. The van der Waals surface area contributed by atoms with Gasteiger partial charge in [0, 0.05) is 30.1 Å². The number of aliphatic hydroxyl groups excluding tert-OH is 1. The van der Waals surface area contributed by atoms with Crippen LogP contribution in [0.2, 0.25) is 0 Å². The first-order chi connectivity index (χ1) is 28.3. The average molecular weight is 846 g/mol. The Kier molecular flexibility index (Phi) is 11.2. The van der Waals surface area contributed by atoms with Gasteiger partial charge in [0.2, 0.25) is 0 Å². The van der Waals surface area contributed by atoms with Gasteiger partial charge in [-0.05, 0) is 77.2 Å². The Labute approximate surface area is 359 Å². The van der Waals surface area contributed by atoms with Crippen molar-refractivity contribution in [1.29, 1.82) is 0 Å². The van der Waals surface area contributed by atoms with Gasteiger partial charge in [0.15, 0.2) is 11.7 Å². The van der Waals surface area contributed by atoms with Crippen LogP contribution in [0.1, 0.15) is 118 Å². The van der Waals surface area contributed by atoms with Crippen LogP contribution in [0.5, 0.6) is 0 Å². The Morgan fingerprint density at radius 3 is 2.07 bits per heavy atom. The van der Waals surface area contributed by atoms with E-state index in [1.54, 1.807) is 89.2 Å². The molecule has 1 amide bonds. The molecular formula is C48H63NO12. The second kappa shape index (κ2) is 15.2. The molecular weight excluding hydrogens is 783 g/mol. The molecule has 3 aliphatic carbocycles. The monoisotopic (exact) mass is 845 g/mol. The number of carbonyl (C=O) groups is 4. The van der Waals surface area contributed by atoms with E-state index in [9.17, 15) is 29.4 Å². The number of rotatable bonds is 6. The van der Waals surface area contributed by atoms with Crippen molar-refractivity contribution in [3.8, 4) is 0 Å². The number of esters is 3. The van der Waals surface area contributed by atoms with Crippen LogP contribution in [0.25, 0.3) is 0 Å². The highest BCUT2D eigenvalue weighted by Crippen LogP contribution is 2.67. The average Bonchev–Trinajstić information content (AvgIpc) is 3.47. The number of hydrogen-bond donors (Lipinski definition) is 2. The number of nitrogens with zero attached hydrogens (tertiary/aromatic N) is 1. The van der Waals surface area contributed by atoms with Crippen LogP contribution in [-0.2, 0) is 38.0 Å². The Bertz CT molecular complexity index is 2080. The smallest absolute Gasteiger partial charge is 0.413 e. The third-order valence-corrected chi connectivity index (χ3v) is 14.7. The highest BCUT2D eigenvalue weighted by Gasteiger charge is 2.77. The van der Waals surface area contributed by atoms with Crippen molar-refractivity contribution >= 4 is 24.0 Å². The van der Waals surface area contributed by atoms with Crippen molar-refractivity contribution in [2.75, 3.05) is 6.61 Å². The third kappa shape index (κ3) is 7.07. The first-order valence-electron chi connectivity index (χ1n) is 21.5. The third-order valence-electron chi connectivity index (χ3n) is 14.7. The van der Waals surface area contributed by atoms with Crippen molar-refractivity contribution < 1.29 is 57.8 Å². The fourth-order valence-electron chi connectivity index (χ4n) is 11.7. The minimum Gasteiger partial charge on any atom is -0.456 e. The summed E-state index contributed by atoms with van der Waals surface area (Å²) in [4.78, 5) is 57.6. The molecule has 12 atom stereocenters. The van der Waals surface area contributed by atoms with Crippen LogP contribution in [0, 0.1) is 28.6 Å². The van der Waals surface area contributed by atoms with E-state index in [0.717, 1.165) is 0 Å². The fourth-order valence-corrected chi connectivity index (χ4v) is 11.7. The molecule has 61 heavy (non-hydrogen) atoms. The van der Waals surface area contributed by atoms with Gasteiger partial charge in [-0.25, -0.2) is 14.4 Å². The van der Waals surface area contributed by atoms with Gasteiger partial charge >= 0.3 is 24.0 Å². The van der Waals surface area contributed by atoms with E-state index in [0.29, 0.717) is 23.1 Å². The Morgan fingerprint density at radius 1 is 0.902 bits per heavy atom. The summed E-state index contributed by atoms with van der Waals surface area (Å²) in [5, 5.41) is 26.8. The second-order valence-corrected chi connectivity index (χ2v) is 20.2. The number of fused-ring (bicyclic) bond motifs is 5. The number of amides is 1. The molecule has 2 aromatic rings. The second-order valence-electron chi connectivity index (χ2n) is 20.2. The zero-order valence-corrected chi connectivity index (χ0v) is 37.5. The lowest BCUT2D eigenvalue weighted by Crippen LogP contribution is -2.80. The van der Waals surface area contributed by atoms with Gasteiger partial charge in [0.1, 0.15) is 41.3 Å². The quantitative estimate of drug-likeness (QED) is 0.173. The topological polar surface area (TPSA) is 167 Å². The first-order valence-corrected chi connectivity index (χ1v) is 21.5. The molecule has 2 unspecified atom stereocenters. The summed E-state index contributed by atoms with van der Waals surface area (Å²) >= 11 is 0. The lowest BCUT2D eigenvalue weighted by atomic mass is 9.42. The van der Waals surface area contributed by atoms with Gasteiger partial charge in [0.25, 0.3) is 0 Å². The van der Waals surface area contributed by atoms with Gasteiger partial charge in [0.05, 0.1) is 24.2 Å². The molecule has 13 nitrogen and oxygen atoms in total. The molecule has 7 rings (SSSR count). The van der Waals surface area contributed by atoms with Gasteiger partial charge in [-0.1, -0.05) is 88.7 Å². The van der Waals surface area contributed by atoms with Crippen molar-refractivity contribution in [2.24, 2.45) is 28.6 Å². The minimum absolute atomic E-state index is 0.0365. The van der Waals surface area contributed by atoms with E-state index >= 15 is 0 Å². The molecule has 2 saturated carbocycles. The summed E-state index contributed by atoms with van der Waals surface area (Å²) < 4.78 is 37.8. The predicted molar refractivity (Wildman–Crippen MR) is 223 cm³/mol. The molecule has 2 bridgehead atoms. The fraction of sp³-hybridized carbons (Fsp3) is 0.625. The number of aliphatic hydroxyl groups is 2. The van der Waals surface area contributed by atoms with E-state index < -0.39 is 106 Å². The molecule has 0 spiro atoms. The zero-order valence-electron chi connectivity index (χ0n) is 37.5. The molecule has 5 aliphatic rings. The van der Waals surface area contributed by atoms with Crippen molar-refractivity contribution in [3.05, 3.63) is 82.9 Å². The Hall–Kier alpha value is -4.30. The normalized spacial score (nSPS) is 37.5. The summed E-state index contributed by atoms with van der Waals surface area (Å²) in [5.74, 6) is -3.95. The van der Waals surface area contributed by atoms with Gasteiger partial charge in [-0.15, -0.1) is 0 Å². The van der Waals surface area contributed by atoms with Crippen molar-refractivity contribution in [2.45, 2.75) is 155 Å². The van der Waals surface area contributed by atoms with Crippen LogP contribution in [0.4, 0.5) is 4.79 Å². The van der Waals surface area contributed by atoms with Crippen LogP contribution < -0.4 is 0 Å². The SMILES string of the molecule is CC(=O)O[C@@]12CO[C@@H]1C[C@H](C)[C@]1(C)C2C(OC(=O)c2ccccc2)[C@]2(O)C[C@H](OC(=O)[C@@H]3OC(C)(C)N(C(=O)OC(C)(C)C)[C@@H]3c3ccccc3)C(C)=C([C@@H](C)[C@@H]1O)C2(C)C. The predicted octanol–water partition coefficient (Wildman–Crippen LogP) is 7.09. The lowest BCUT2D eigenvalue weighted by Gasteiger charge is -2.69. The standard InChI is InChI=1S/C48H63NO12/c1-26-23-33-47(25-56-33,59-29(4)50)37-39(58-40(52)31-21-17-14-18-22-31)48(55)24-32(27(2)34(44(48,8)9)28(3)38(51)46(26,37)12)57-41(53)36-35(30-19-15-13-16-20-30)49(45(10,11)60-36)42(54)61-43(5,6)7/h13-22,26,28,32-33,35-39,51,55H,23-25H2,1-12H3/t26-,28+,32-,33+,35+,36+,37?,38-,39?,46+,47-,48+/m0/s1. The molecule has 2 aliphatic heterocycles. The van der Waals surface area contributed by atoms with Crippen molar-refractivity contribution in [1.82, 2.24) is 4.90 Å². The number of hydrogen-bond acceptors (Lipinski definition) is 12. The van der Waals surface area contributed by atoms with Gasteiger partial charge in [-0.3, -0.25) is 9.69 Å². The molecule has 2 N–H and O–H groups in total. The van der Waals surface area contributed by atoms with E-state index in [1.165, 1.54) is 11.8 Å². The van der Waals surface area contributed by atoms with Crippen LogP contribution in [0.15, 0.2) is 71.8 Å². The molecule has 2 saturated heterocycles. The van der Waals surface area contributed by atoms with Gasteiger partial charge < -0.3 is 38.6 Å². The largest absolute Gasteiger partial charge is 0.456 e. The highest BCUT2D eigenvalue weighted by atomic mass is 16.6. The molecule has 0 aromatic heterocycles. The molecule has 4 fully saturated rings. The van der Waals surface area contributed by atoms with Crippen LogP contribution in [-0.4, -0.2) is 98.8 Å². The minimum atomic E-state index is -2.00. The molecule has 2 heterocycles. The number of carbonyl (C=O) groups excluding carboxylic acids is 4. The van der Waals surface area contributed by atoms with Crippen LogP contribution in [0.3, 0.4) is 0 Å².